The Balaban J connectivity index is 1.74. The third-order valence-electron chi connectivity index (χ3n) is 3.25. The van der Waals surface area contributed by atoms with Gasteiger partial charge in [-0.3, -0.25) is 4.79 Å². The number of thiazole rings is 1. The van der Waals surface area contributed by atoms with Crippen molar-refractivity contribution in [1.82, 2.24) is 4.98 Å². The summed E-state index contributed by atoms with van der Waals surface area (Å²) < 4.78 is 5.10. The molecule has 0 radical (unpaired) electrons. The summed E-state index contributed by atoms with van der Waals surface area (Å²) in [6, 6.07) is 17.4. The van der Waals surface area contributed by atoms with Gasteiger partial charge in [0.2, 0.25) is 0 Å². The topological polar surface area (TPSA) is 51.2 Å². The molecular weight excluding hydrogens is 308 g/mol. The summed E-state index contributed by atoms with van der Waals surface area (Å²) in [5.41, 5.74) is 3.18. The number of hydrogen-bond acceptors (Lipinski definition) is 4. The van der Waals surface area contributed by atoms with Gasteiger partial charge < -0.3 is 10.1 Å². The van der Waals surface area contributed by atoms with E-state index >= 15 is 0 Å². The van der Waals surface area contributed by atoms with Crippen molar-refractivity contribution < 1.29 is 9.53 Å². The molecule has 4 nitrogen and oxygen atoms in total. The predicted molar refractivity (Wildman–Crippen MR) is 92.7 cm³/mol. The van der Waals surface area contributed by atoms with E-state index in [9.17, 15) is 4.79 Å². The number of amides is 1. The highest BCUT2D eigenvalue weighted by Crippen LogP contribution is 2.23. The fourth-order valence-corrected chi connectivity index (χ4v) is 3.00. The first-order valence-corrected chi connectivity index (χ1v) is 8.04. The van der Waals surface area contributed by atoms with Crippen LogP contribution in [-0.4, -0.2) is 18.0 Å². The summed E-state index contributed by atoms with van der Waals surface area (Å²) in [5.74, 6) is -0.210. The quantitative estimate of drug-likeness (QED) is 0.765. The highest BCUT2D eigenvalue weighted by Gasteiger charge is 2.12. The lowest BCUT2D eigenvalue weighted by atomic mass is 10.2. The van der Waals surface area contributed by atoms with E-state index in [1.807, 2.05) is 54.6 Å². The normalized spacial score (nSPS) is 10.5. The van der Waals surface area contributed by atoms with Crippen LogP contribution in [0.1, 0.15) is 16.1 Å². The fraction of sp³-hybridized carbons (Fsp3) is 0.111. The third-order valence-corrected chi connectivity index (χ3v) is 4.14. The van der Waals surface area contributed by atoms with Crippen LogP contribution in [0.5, 0.6) is 0 Å². The highest BCUT2D eigenvalue weighted by molar-refractivity contribution is 7.13. The zero-order valence-corrected chi connectivity index (χ0v) is 13.5. The van der Waals surface area contributed by atoms with E-state index in [1.54, 1.807) is 12.5 Å². The monoisotopic (exact) mass is 324 g/mol. The van der Waals surface area contributed by atoms with Gasteiger partial charge in [-0.15, -0.1) is 11.3 Å². The van der Waals surface area contributed by atoms with E-state index in [2.05, 4.69) is 10.3 Å². The molecular formula is C18H16N2O2S. The van der Waals surface area contributed by atoms with Crippen LogP contribution in [0.2, 0.25) is 0 Å². The van der Waals surface area contributed by atoms with Crippen molar-refractivity contribution in [1.29, 1.82) is 0 Å². The second-order valence-electron chi connectivity index (χ2n) is 4.99. The van der Waals surface area contributed by atoms with Gasteiger partial charge >= 0.3 is 0 Å². The van der Waals surface area contributed by atoms with Crippen LogP contribution in [0.4, 0.5) is 5.69 Å². The molecule has 0 aliphatic carbocycles. The van der Waals surface area contributed by atoms with Crippen molar-refractivity contribution in [3.8, 4) is 10.6 Å². The number of methoxy groups -OCH3 is 1. The van der Waals surface area contributed by atoms with Gasteiger partial charge in [-0.1, -0.05) is 42.5 Å². The van der Waals surface area contributed by atoms with Crippen molar-refractivity contribution in [2.24, 2.45) is 0 Å². The van der Waals surface area contributed by atoms with Crippen molar-refractivity contribution in [3.63, 3.8) is 0 Å². The zero-order chi connectivity index (χ0) is 16.1. The fourth-order valence-electron chi connectivity index (χ4n) is 2.19. The standard InChI is InChI=1S/C18H16N2O2S/c1-22-11-13-6-5-9-15(10-13)19-17(21)16-12-23-18(20-16)14-7-3-2-4-8-14/h2-10,12H,11H2,1H3,(H,19,21). The molecule has 3 rings (SSSR count). The molecule has 0 unspecified atom stereocenters. The summed E-state index contributed by atoms with van der Waals surface area (Å²) in [6.07, 6.45) is 0. The molecule has 3 aromatic rings. The van der Waals surface area contributed by atoms with Gasteiger partial charge in [-0.05, 0) is 17.7 Å². The lowest BCUT2D eigenvalue weighted by molar-refractivity contribution is 0.102. The van der Waals surface area contributed by atoms with Crippen LogP contribution in [0, 0.1) is 0 Å². The number of nitrogens with zero attached hydrogens (tertiary/aromatic N) is 1. The molecule has 0 fully saturated rings. The zero-order valence-electron chi connectivity index (χ0n) is 12.7. The molecule has 0 spiro atoms. The average molecular weight is 324 g/mol. The van der Waals surface area contributed by atoms with Crippen LogP contribution < -0.4 is 5.32 Å². The molecule has 0 aliphatic heterocycles. The number of carbonyl (C=O) groups is 1. The minimum absolute atomic E-state index is 0.210. The molecule has 1 amide bonds. The molecule has 2 aromatic carbocycles. The highest BCUT2D eigenvalue weighted by atomic mass is 32.1. The minimum Gasteiger partial charge on any atom is -0.380 e. The van der Waals surface area contributed by atoms with E-state index in [4.69, 9.17) is 4.74 Å². The van der Waals surface area contributed by atoms with Gasteiger partial charge in [0.1, 0.15) is 10.7 Å². The maximum atomic E-state index is 12.3. The lowest BCUT2D eigenvalue weighted by Crippen LogP contribution is -2.12. The molecule has 0 saturated heterocycles. The first-order valence-electron chi connectivity index (χ1n) is 7.16. The van der Waals surface area contributed by atoms with Crippen LogP contribution in [-0.2, 0) is 11.3 Å². The molecule has 0 bridgehead atoms. The lowest BCUT2D eigenvalue weighted by Gasteiger charge is -2.05. The van der Waals surface area contributed by atoms with Crippen molar-refractivity contribution in [3.05, 3.63) is 71.2 Å². The maximum absolute atomic E-state index is 12.3. The Morgan fingerprint density at radius 3 is 2.78 bits per heavy atom. The number of benzene rings is 2. The molecule has 0 saturated carbocycles. The predicted octanol–water partition coefficient (Wildman–Crippen LogP) is 4.21. The minimum atomic E-state index is -0.210. The first-order chi connectivity index (χ1) is 11.3. The summed E-state index contributed by atoms with van der Waals surface area (Å²) in [4.78, 5) is 16.7. The Morgan fingerprint density at radius 1 is 1.17 bits per heavy atom. The number of ether oxygens (including phenoxy) is 1. The Labute approximate surface area is 138 Å². The summed E-state index contributed by atoms with van der Waals surface area (Å²) in [6.45, 7) is 0.512. The molecule has 5 heteroatoms. The molecule has 1 aromatic heterocycles. The van der Waals surface area contributed by atoms with Crippen LogP contribution >= 0.6 is 11.3 Å². The van der Waals surface area contributed by atoms with E-state index in [0.717, 1.165) is 21.8 Å². The smallest absolute Gasteiger partial charge is 0.275 e. The maximum Gasteiger partial charge on any atom is 0.275 e. The van der Waals surface area contributed by atoms with Gasteiger partial charge in [-0.25, -0.2) is 4.98 Å². The number of nitrogens with one attached hydrogen (secondary N) is 1. The van der Waals surface area contributed by atoms with Crippen LogP contribution in [0.15, 0.2) is 60.0 Å². The van der Waals surface area contributed by atoms with E-state index in [1.165, 1.54) is 11.3 Å². The first kappa shape index (κ1) is 15.4. The molecule has 116 valence electrons. The summed E-state index contributed by atoms with van der Waals surface area (Å²) >= 11 is 1.46. The third kappa shape index (κ3) is 3.83. The van der Waals surface area contributed by atoms with Gasteiger partial charge in [0.25, 0.3) is 5.91 Å². The number of carbonyl (C=O) groups excluding carboxylic acids is 1. The van der Waals surface area contributed by atoms with Gasteiger partial charge in [-0.2, -0.15) is 0 Å². The number of rotatable bonds is 5. The second-order valence-corrected chi connectivity index (χ2v) is 5.85. The van der Waals surface area contributed by atoms with Crippen molar-refractivity contribution in [2.75, 3.05) is 12.4 Å². The molecule has 0 aliphatic rings. The van der Waals surface area contributed by atoms with Gasteiger partial charge in [0.15, 0.2) is 0 Å². The Hall–Kier alpha value is -2.50. The van der Waals surface area contributed by atoms with E-state index < -0.39 is 0 Å². The van der Waals surface area contributed by atoms with Gasteiger partial charge in [0, 0.05) is 23.7 Å². The van der Waals surface area contributed by atoms with Crippen molar-refractivity contribution in [2.45, 2.75) is 6.61 Å². The summed E-state index contributed by atoms with van der Waals surface area (Å²) in [5, 5.41) is 5.48. The van der Waals surface area contributed by atoms with E-state index in [-0.39, 0.29) is 5.91 Å². The van der Waals surface area contributed by atoms with Crippen molar-refractivity contribution >= 4 is 22.9 Å². The van der Waals surface area contributed by atoms with E-state index in [0.29, 0.717) is 12.3 Å². The van der Waals surface area contributed by atoms with Gasteiger partial charge in [0.05, 0.1) is 6.61 Å². The molecule has 23 heavy (non-hydrogen) atoms. The number of anilines is 1. The number of hydrogen-bond donors (Lipinski definition) is 1. The molecule has 1 heterocycles. The van der Waals surface area contributed by atoms with Crippen LogP contribution in [0.25, 0.3) is 10.6 Å². The Kier molecular flexibility index (Phi) is 4.80. The summed E-state index contributed by atoms with van der Waals surface area (Å²) in [7, 11) is 1.64. The SMILES string of the molecule is COCc1cccc(NC(=O)c2csc(-c3ccccc3)n2)c1. The Morgan fingerprint density at radius 2 is 2.00 bits per heavy atom. The molecule has 1 N–H and O–H groups in total. The molecule has 0 atom stereocenters. The largest absolute Gasteiger partial charge is 0.380 e. The second kappa shape index (κ2) is 7.17. The average Bonchev–Trinajstić information content (AvgIpc) is 3.06. The Bertz CT molecular complexity index is 800. The van der Waals surface area contributed by atoms with Crippen LogP contribution in [0.3, 0.4) is 0 Å². The number of aromatic nitrogens is 1.